The first-order valence-corrected chi connectivity index (χ1v) is 6.05. The molecule has 0 N–H and O–H groups in total. The molecule has 1 aromatic rings. The zero-order valence-corrected chi connectivity index (χ0v) is 10.6. The minimum Gasteiger partial charge on any atom is -0.376 e. The Bertz CT molecular complexity index is 399. The monoisotopic (exact) mass is 233 g/mol. The van der Waals surface area contributed by atoms with E-state index in [1.165, 1.54) is 0 Å². The maximum atomic E-state index is 11.2. The van der Waals surface area contributed by atoms with E-state index in [9.17, 15) is 4.79 Å². The molecule has 1 saturated heterocycles. The SMILES string of the molecule is CC(=O)c1ccc(N(C)C2CCOC2C)cc1. The number of rotatable bonds is 3. The highest BCUT2D eigenvalue weighted by Gasteiger charge is 2.27. The van der Waals surface area contributed by atoms with Gasteiger partial charge in [0.15, 0.2) is 5.78 Å². The third-order valence-electron chi connectivity index (χ3n) is 3.51. The molecule has 0 aliphatic carbocycles. The van der Waals surface area contributed by atoms with Crippen LogP contribution in [0.2, 0.25) is 0 Å². The first kappa shape index (κ1) is 12.1. The number of ketones is 1. The average Bonchev–Trinajstić information content (AvgIpc) is 2.74. The van der Waals surface area contributed by atoms with Crippen LogP contribution in [0.3, 0.4) is 0 Å². The van der Waals surface area contributed by atoms with Crippen molar-refractivity contribution in [2.45, 2.75) is 32.4 Å². The normalized spacial score (nSPS) is 23.7. The Morgan fingerprint density at radius 2 is 2.00 bits per heavy atom. The van der Waals surface area contributed by atoms with E-state index in [1.807, 2.05) is 24.3 Å². The molecular weight excluding hydrogens is 214 g/mol. The third kappa shape index (κ3) is 2.50. The topological polar surface area (TPSA) is 29.5 Å². The maximum Gasteiger partial charge on any atom is 0.159 e. The van der Waals surface area contributed by atoms with Crippen LogP contribution in [0.1, 0.15) is 30.6 Å². The molecule has 0 aromatic heterocycles. The Kier molecular flexibility index (Phi) is 3.48. The Hall–Kier alpha value is -1.35. The van der Waals surface area contributed by atoms with Crippen LogP contribution >= 0.6 is 0 Å². The predicted octanol–water partition coefficient (Wildman–Crippen LogP) is 2.50. The molecule has 1 aliphatic heterocycles. The van der Waals surface area contributed by atoms with E-state index in [4.69, 9.17) is 4.74 Å². The molecule has 0 spiro atoms. The summed E-state index contributed by atoms with van der Waals surface area (Å²) >= 11 is 0. The zero-order chi connectivity index (χ0) is 12.4. The molecule has 92 valence electrons. The summed E-state index contributed by atoms with van der Waals surface area (Å²) in [4.78, 5) is 13.4. The van der Waals surface area contributed by atoms with Crippen molar-refractivity contribution >= 4 is 11.5 Å². The van der Waals surface area contributed by atoms with E-state index >= 15 is 0 Å². The molecule has 1 fully saturated rings. The quantitative estimate of drug-likeness (QED) is 0.751. The summed E-state index contributed by atoms with van der Waals surface area (Å²) in [5.74, 6) is 0.108. The van der Waals surface area contributed by atoms with Crippen LogP contribution in [0, 0.1) is 0 Å². The molecule has 1 heterocycles. The molecule has 2 rings (SSSR count). The van der Waals surface area contributed by atoms with E-state index in [0.29, 0.717) is 6.04 Å². The number of benzene rings is 1. The fourth-order valence-corrected chi connectivity index (χ4v) is 2.35. The lowest BCUT2D eigenvalue weighted by atomic mass is 10.1. The van der Waals surface area contributed by atoms with E-state index in [-0.39, 0.29) is 11.9 Å². The van der Waals surface area contributed by atoms with Crippen LogP contribution < -0.4 is 4.90 Å². The lowest BCUT2D eigenvalue weighted by Gasteiger charge is -2.28. The Morgan fingerprint density at radius 3 is 2.47 bits per heavy atom. The standard InChI is InChI=1S/C14H19NO2/c1-10(16)12-4-6-13(7-5-12)15(3)14-8-9-17-11(14)2/h4-7,11,14H,8-9H2,1-3H3. The third-order valence-corrected chi connectivity index (χ3v) is 3.51. The van der Waals surface area contributed by atoms with Gasteiger partial charge in [-0.2, -0.15) is 0 Å². The molecule has 0 saturated carbocycles. The molecule has 3 heteroatoms. The van der Waals surface area contributed by atoms with Gasteiger partial charge in [-0.05, 0) is 44.5 Å². The van der Waals surface area contributed by atoms with Crippen molar-refractivity contribution in [2.24, 2.45) is 0 Å². The van der Waals surface area contributed by atoms with Crippen LogP contribution in [-0.4, -0.2) is 31.6 Å². The molecule has 3 nitrogen and oxygen atoms in total. The summed E-state index contributed by atoms with van der Waals surface area (Å²) in [6, 6.07) is 8.20. The maximum absolute atomic E-state index is 11.2. The van der Waals surface area contributed by atoms with Crippen molar-refractivity contribution in [1.29, 1.82) is 0 Å². The number of anilines is 1. The molecular formula is C14H19NO2. The molecule has 2 unspecified atom stereocenters. The first-order chi connectivity index (χ1) is 8.09. The fraction of sp³-hybridized carbons (Fsp3) is 0.500. The molecule has 0 radical (unpaired) electrons. The zero-order valence-electron chi connectivity index (χ0n) is 10.6. The van der Waals surface area contributed by atoms with Crippen molar-refractivity contribution in [1.82, 2.24) is 0 Å². The lowest BCUT2D eigenvalue weighted by Crippen LogP contribution is -2.36. The van der Waals surface area contributed by atoms with Gasteiger partial charge in [0.05, 0.1) is 12.1 Å². The van der Waals surface area contributed by atoms with Crippen molar-refractivity contribution < 1.29 is 9.53 Å². The first-order valence-electron chi connectivity index (χ1n) is 6.05. The number of Topliss-reactive ketones (excluding diaryl/α,β-unsaturated/α-hetero) is 1. The van der Waals surface area contributed by atoms with Gasteiger partial charge in [0.2, 0.25) is 0 Å². The smallest absolute Gasteiger partial charge is 0.159 e. The summed E-state index contributed by atoms with van der Waals surface area (Å²) in [6.07, 6.45) is 1.33. The van der Waals surface area contributed by atoms with Crippen LogP contribution in [-0.2, 0) is 4.74 Å². The van der Waals surface area contributed by atoms with E-state index < -0.39 is 0 Å². The fourth-order valence-electron chi connectivity index (χ4n) is 2.35. The van der Waals surface area contributed by atoms with Crippen LogP contribution in [0.25, 0.3) is 0 Å². The summed E-state index contributed by atoms with van der Waals surface area (Å²) in [5.41, 5.74) is 1.90. The second kappa shape index (κ2) is 4.88. The summed E-state index contributed by atoms with van der Waals surface area (Å²) in [5, 5.41) is 0. The minimum absolute atomic E-state index is 0.108. The lowest BCUT2D eigenvalue weighted by molar-refractivity contribution is 0.101. The largest absolute Gasteiger partial charge is 0.376 e. The highest BCUT2D eigenvalue weighted by atomic mass is 16.5. The number of ether oxygens (including phenoxy) is 1. The molecule has 0 bridgehead atoms. The summed E-state index contributed by atoms with van der Waals surface area (Å²) < 4.78 is 5.57. The number of carbonyl (C=O) groups excluding carboxylic acids is 1. The van der Waals surface area contributed by atoms with Gasteiger partial charge in [0, 0.05) is 24.9 Å². The molecule has 1 aromatic carbocycles. The van der Waals surface area contributed by atoms with Crippen molar-refractivity contribution in [3.8, 4) is 0 Å². The predicted molar refractivity (Wildman–Crippen MR) is 68.7 cm³/mol. The van der Waals surface area contributed by atoms with Crippen molar-refractivity contribution in [3.63, 3.8) is 0 Å². The van der Waals surface area contributed by atoms with Gasteiger partial charge in [0.25, 0.3) is 0 Å². The van der Waals surface area contributed by atoms with Gasteiger partial charge < -0.3 is 9.64 Å². The number of hydrogen-bond acceptors (Lipinski definition) is 3. The highest BCUT2D eigenvalue weighted by molar-refractivity contribution is 5.94. The van der Waals surface area contributed by atoms with E-state index in [2.05, 4.69) is 18.9 Å². The summed E-state index contributed by atoms with van der Waals surface area (Å²) in [6.45, 7) is 4.53. The van der Waals surface area contributed by atoms with Crippen molar-refractivity contribution in [2.75, 3.05) is 18.6 Å². The Morgan fingerprint density at radius 1 is 1.35 bits per heavy atom. The van der Waals surface area contributed by atoms with E-state index in [0.717, 1.165) is 24.3 Å². The molecule has 0 amide bonds. The summed E-state index contributed by atoms with van der Waals surface area (Å²) in [7, 11) is 2.08. The molecule has 17 heavy (non-hydrogen) atoms. The van der Waals surface area contributed by atoms with Gasteiger partial charge >= 0.3 is 0 Å². The van der Waals surface area contributed by atoms with Crippen LogP contribution in [0.4, 0.5) is 5.69 Å². The average molecular weight is 233 g/mol. The Balaban J connectivity index is 2.14. The van der Waals surface area contributed by atoms with Gasteiger partial charge in [-0.1, -0.05) is 0 Å². The number of hydrogen-bond donors (Lipinski definition) is 0. The van der Waals surface area contributed by atoms with Crippen molar-refractivity contribution in [3.05, 3.63) is 29.8 Å². The van der Waals surface area contributed by atoms with Gasteiger partial charge in [-0.15, -0.1) is 0 Å². The van der Waals surface area contributed by atoms with Gasteiger partial charge in [-0.3, -0.25) is 4.79 Å². The number of nitrogens with zero attached hydrogens (tertiary/aromatic N) is 1. The minimum atomic E-state index is 0.108. The van der Waals surface area contributed by atoms with Gasteiger partial charge in [-0.25, -0.2) is 0 Å². The van der Waals surface area contributed by atoms with Gasteiger partial charge in [0.1, 0.15) is 0 Å². The number of likely N-dealkylation sites (N-methyl/N-ethyl adjacent to an activating group) is 1. The van der Waals surface area contributed by atoms with Crippen LogP contribution in [0.15, 0.2) is 24.3 Å². The molecule has 2 atom stereocenters. The molecule has 1 aliphatic rings. The second-order valence-corrected chi connectivity index (χ2v) is 4.65. The van der Waals surface area contributed by atoms with E-state index in [1.54, 1.807) is 6.92 Å². The highest BCUT2D eigenvalue weighted by Crippen LogP contribution is 2.24. The van der Waals surface area contributed by atoms with Crippen LogP contribution in [0.5, 0.6) is 0 Å². The second-order valence-electron chi connectivity index (χ2n) is 4.65. The number of carbonyl (C=O) groups is 1. The Labute approximate surface area is 102 Å².